The molecule has 7 heteroatoms. The predicted molar refractivity (Wildman–Crippen MR) is 137 cm³/mol. The zero-order chi connectivity index (χ0) is 24.1. The molecular formula is C27H27ClN2O4. The number of hydrogen-bond donors (Lipinski definition) is 0. The van der Waals surface area contributed by atoms with E-state index >= 15 is 0 Å². The lowest BCUT2D eigenvalue weighted by Gasteiger charge is -2.26. The summed E-state index contributed by atoms with van der Waals surface area (Å²) in [6, 6.07) is 19.2. The number of hydrazone groups is 1. The fourth-order valence-electron chi connectivity index (χ4n) is 4.11. The van der Waals surface area contributed by atoms with Crippen molar-refractivity contribution in [2.24, 2.45) is 5.10 Å². The van der Waals surface area contributed by atoms with E-state index in [1.54, 1.807) is 28.4 Å². The highest BCUT2D eigenvalue weighted by molar-refractivity contribution is 6.30. The first-order valence-electron chi connectivity index (χ1n) is 10.8. The van der Waals surface area contributed by atoms with Crippen LogP contribution in [0.1, 0.15) is 23.6 Å². The van der Waals surface area contributed by atoms with Crippen LogP contribution in [0.2, 0.25) is 5.02 Å². The third-order valence-corrected chi connectivity index (χ3v) is 5.96. The van der Waals surface area contributed by atoms with Gasteiger partial charge in [0.2, 0.25) is 0 Å². The third-order valence-electron chi connectivity index (χ3n) is 5.71. The molecule has 0 bridgehead atoms. The van der Waals surface area contributed by atoms with Crippen LogP contribution >= 0.6 is 11.6 Å². The van der Waals surface area contributed by atoms with Gasteiger partial charge >= 0.3 is 0 Å². The second-order valence-corrected chi connectivity index (χ2v) is 8.07. The van der Waals surface area contributed by atoms with Crippen LogP contribution in [0.3, 0.4) is 0 Å². The van der Waals surface area contributed by atoms with Crippen LogP contribution in [-0.4, -0.2) is 34.2 Å². The van der Waals surface area contributed by atoms with E-state index in [1.165, 1.54) is 0 Å². The number of halogens is 1. The van der Waals surface area contributed by atoms with Crippen molar-refractivity contribution in [1.29, 1.82) is 0 Å². The Morgan fingerprint density at radius 2 is 1.44 bits per heavy atom. The lowest BCUT2D eigenvalue weighted by Crippen LogP contribution is -2.19. The second-order valence-electron chi connectivity index (χ2n) is 7.63. The minimum atomic E-state index is -0.0851. The maximum atomic E-state index is 6.13. The first-order valence-corrected chi connectivity index (χ1v) is 11.2. The third kappa shape index (κ3) is 4.68. The number of methoxy groups -OCH3 is 4. The molecule has 0 radical (unpaired) electrons. The largest absolute Gasteiger partial charge is 0.493 e. The van der Waals surface area contributed by atoms with Crippen LogP contribution in [0.5, 0.6) is 23.0 Å². The average molecular weight is 479 g/mol. The van der Waals surface area contributed by atoms with Crippen molar-refractivity contribution in [2.45, 2.75) is 12.5 Å². The predicted octanol–water partition coefficient (Wildman–Crippen LogP) is 6.40. The molecule has 0 spiro atoms. The number of anilines is 1. The van der Waals surface area contributed by atoms with Crippen molar-refractivity contribution in [2.75, 3.05) is 33.4 Å². The number of allylic oxidation sites excluding steroid dienone is 1. The number of ether oxygens (including phenoxy) is 4. The summed E-state index contributed by atoms with van der Waals surface area (Å²) >= 11 is 6.13. The minimum Gasteiger partial charge on any atom is -0.493 e. The van der Waals surface area contributed by atoms with Crippen molar-refractivity contribution in [3.63, 3.8) is 0 Å². The van der Waals surface area contributed by atoms with Gasteiger partial charge in [-0.05, 0) is 48.6 Å². The Balaban J connectivity index is 1.73. The summed E-state index contributed by atoms with van der Waals surface area (Å²) in [7, 11) is 6.55. The topological polar surface area (TPSA) is 52.5 Å². The van der Waals surface area contributed by atoms with Crippen molar-refractivity contribution in [1.82, 2.24) is 0 Å². The number of benzene rings is 3. The van der Waals surface area contributed by atoms with Crippen molar-refractivity contribution >= 4 is 29.1 Å². The Kier molecular flexibility index (Phi) is 7.28. The van der Waals surface area contributed by atoms with Crippen LogP contribution in [0, 0.1) is 0 Å². The van der Waals surface area contributed by atoms with Crippen LogP contribution in [-0.2, 0) is 0 Å². The zero-order valence-corrected chi connectivity index (χ0v) is 20.4. The maximum Gasteiger partial charge on any atom is 0.167 e. The Bertz CT molecular complexity index is 1210. The Labute approximate surface area is 205 Å². The first-order chi connectivity index (χ1) is 16.6. The quantitative estimate of drug-likeness (QED) is 0.375. The summed E-state index contributed by atoms with van der Waals surface area (Å²) in [6.07, 6.45) is 4.67. The lowest BCUT2D eigenvalue weighted by atomic mass is 9.99. The fraction of sp³-hybridized carbons (Fsp3) is 0.222. The molecule has 1 aliphatic heterocycles. The molecule has 176 valence electrons. The van der Waals surface area contributed by atoms with Crippen molar-refractivity contribution in [3.05, 3.63) is 82.9 Å². The number of nitrogens with zero attached hydrogens (tertiary/aromatic N) is 2. The molecule has 1 heterocycles. The van der Waals surface area contributed by atoms with Crippen LogP contribution in [0.15, 0.2) is 71.8 Å². The highest BCUT2D eigenvalue weighted by Gasteiger charge is 2.31. The second kappa shape index (κ2) is 10.5. The van der Waals surface area contributed by atoms with E-state index in [9.17, 15) is 0 Å². The van der Waals surface area contributed by atoms with Crippen molar-refractivity contribution in [3.8, 4) is 23.0 Å². The molecular weight excluding hydrogens is 452 g/mol. The molecule has 0 aromatic heterocycles. The standard InChI is InChI=1S/C27H27ClN2O4/c1-31-24-9-5-7-18(26(24)33-3)11-14-20-17-23(22-8-6-10-25(32-2)27(22)34-4)30(29-20)21-15-12-19(28)13-16-21/h5-16,23H,17H2,1-4H3/b14-11-/t23-/m0/s1. The maximum absolute atomic E-state index is 6.13. The van der Waals surface area contributed by atoms with Gasteiger partial charge in [0.25, 0.3) is 0 Å². The molecule has 1 atom stereocenters. The lowest BCUT2D eigenvalue weighted by molar-refractivity contribution is 0.349. The molecule has 0 fully saturated rings. The molecule has 0 unspecified atom stereocenters. The molecule has 0 amide bonds. The van der Waals surface area contributed by atoms with E-state index in [4.69, 9.17) is 35.6 Å². The molecule has 4 rings (SSSR count). The van der Waals surface area contributed by atoms with Gasteiger partial charge in [-0.15, -0.1) is 0 Å². The summed E-state index contributed by atoms with van der Waals surface area (Å²) in [5.74, 6) is 2.74. The molecule has 1 aliphatic rings. The van der Waals surface area contributed by atoms with Gasteiger partial charge in [-0.3, -0.25) is 5.01 Å². The molecule has 0 saturated carbocycles. The van der Waals surface area contributed by atoms with E-state index in [0.29, 0.717) is 34.4 Å². The van der Waals surface area contributed by atoms with Gasteiger partial charge in [-0.2, -0.15) is 5.10 Å². The van der Waals surface area contributed by atoms with Gasteiger partial charge < -0.3 is 18.9 Å². The van der Waals surface area contributed by atoms with Gasteiger partial charge in [-0.1, -0.05) is 35.9 Å². The average Bonchev–Trinajstić information content (AvgIpc) is 3.30. The first kappa shape index (κ1) is 23.5. The van der Waals surface area contributed by atoms with Crippen LogP contribution < -0.4 is 24.0 Å². The smallest absolute Gasteiger partial charge is 0.167 e. The van der Waals surface area contributed by atoms with Crippen LogP contribution in [0.4, 0.5) is 5.69 Å². The SMILES string of the molecule is COc1cccc(/C=C\C2=NN(c3ccc(Cl)cc3)[C@H](c3cccc(OC)c3OC)C2)c1OC. The van der Waals surface area contributed by atoms with E-state index in [0.717, 1.165) is 22.5 Å². The summed E-state index contributed by atoms with van der Waals surface area (Å²) in [6.45, 7) is 0. The molecule has 6 nitrogen and oxygen atoms in total. The Hall–Kier alpha value is -3.64. The molecule has 34 heavy (non-hydrogen) atoms. The van der Waals surface area contributed by atoms with Gasteiger partial charge in [0.1, 0.15) is 0 Å². The molecule has 0 N–H and O–H groups in total. The molecule has 3 aromatic rings. The Morgan fingerprint density at radius 1 is 0.794 bits per heavy atom. The molecule has 3 aromatic carbocycles. The zero-order valence-electron chi connectivity index (χ0n) is 19.6. The summed E-state index contributed by atoms with van der Waals surface area (Å²) in [4.78, 5) is 0. The van der Waals surface area contributed by atoms with E-state index < -0.39 is 0 Å². The molecule has 0 saturated heterocycles. The van der Waals surface area contributed by atoms with Gasteiger partial charge in [0.15, 0.2) is 23.0 Å². The van der Waals surface area contributed by atoms with Gasteiger partial charge in [-0.25, -0.2) is 0 Å². The Morgan fingerprint density at radius 3 is 2.09 bits per heavy atom. The normalized spacial score (nSPS) is 15.4. The van der Waals surface area contributed by atoms with Crippen LogP contribution in [0.25, 0.3) is 6.08 Å². The number of rotatable bonds is 8. The summed E-state index contributed by atoms with van der Waals surface area (Å²) in [5.41, 5.74) is 3.74. The van der Waals surface area contributed by atoms with E-state index in [2.05, 4.69) is 0 Å². The number of para-hydroxylation sites is 2. The van der Waals surface area contributed by atoms with E-state index in [1.807, 2.05) is 77.8 Å². The van der Waals surface area contributed by atoms with E-state index in [-0.39, 0.29) is 6.04 Å². The molecule has 0 aliphatic carbocycles. The summed E-state index contributed by atoms with van der Waals surface area (Å²) < 4.78 is 22.2. The highest BCUT2D eigenvalue weighted by Crippen LogP contribution is 2.43. The summed E-state index contributed by atoms with van der Waals surface area (Å²) in [5, 5.41) is 7.61. The highest BCUT2D eigenvalue weighted by atomic mass is 35.5. The minimum absolute atomic E-state index is 0.0851. The van der Waals surface area contributed by atoms with Gasteiger partial charge in [0.05, 0.1) is 45.9 Å². The van der Waals surface area contributed by atoms with Gasteiger partial charge in [0, 0.05) is 22.6 Å². The van der Waals surface area contributed by atoms with Crippen molar-refractivity contribution < 1.29 is 18.9 Å². The fourth-order valence-corrected chi connectivity index (χ4v) is 4.24. The number of hydrogen-bond acceptors (Lipinski definition) is 6. The monoisotopic (exact) mass is 478 g/mol.